The molecule has 1 aliphatic carbocycles. The second-order valence-corrected chi connectivity index (χ2v) is 29.0. The molecule has 0 saturated heterocycles. The third-order valence-corrected chi connectivity index (χ3v) is 14.6. The van der Waals surface area contributed by atoms with E-state index in [9.17, 15) is 0 Å². The summed E-state index contributed by atoms with van der Waals surface area (Å²) < 4.78 is 1.42. The third-order valence-electron chi connectivity index (χ3n) is 9.07. The zero-order valence-corrected chi connectivity index (χ0v) is 36.0. The number of benzene rings is 4. The predicted octanol–water partition coefficient (Wildman–Crippen LogP) is 13.0. The zero-order valence-electron chi connectivity index (χ0n) is 31.5. The van der Waals surface area contributed by atoms with Crippen LogP contribution in [0.25, 0.3) is 21.5 Å². The second kappa shape index (κ2) is 15.1. The Balaban J connectivity index is 0.000000170. The maximum absolute atomic E-state index is 3.70. The molecule has 0 N–H and O–H groups in total. The molecule has 5 aromatic carbocycles. The Hall–Kier alpha value is -2.58. The standard InChI is InChI=1S/C21H25.C13H10.C11H21Si2.Zr/c1-20(2,3)16-7-9-18-14(12-16)11-15-13-17(21(4,5)6)8-10-19(15)18;1-3-7-12(8-4-1)11-13-9-5-2-6-10-13;1-12(2,3)10-7-8-11(9-10)13(4,5)6;/h7-13H,1-6H3;1-10H;7-8,10H,1-6H3;/q-1;;-1;+2. The van der Waals surface area contributed by atoms with Crippen LogP contribution in [0.4, 0.5) is 0 Å². The Bertz CT molecular complexity index is 1790. The van der Waals surface area contributed by atoms with Crippen molar-refractivity contribution in [2.75, 3.05) is 0 Å². The normalized spacial score (nSPS) is 15.0. The molecule has 0 saturated carbocycles. The van der Waals surface area contributed by atoms with E-state index in [1.54, 1.807) is 0 Å². The molecule has 0 fully saturated rings. The van der Waals surface area contributed by atoms with E-state index in [1.165, 1.54) is 76.4 Å². The third kappa shape index (κ3) is 9.99. The summed E-state index contributed by atoms with van der Waals surface area (Å²) in [4.78, 5) is 0. The maximum atomic E-state index is 3.70. The quantitative estimate of drug-likeness (QED) is 0.127. The molecule has 248 valence electrons. The van der Waals surface area contributed by atoms with E-state index in [1.807, 2.05) is 0 Å². The van der Waals surface area contributed by atoms with Crippen LogP contribution in [0, 0.1) is 6.08 Å². The van der Waals surface area contributed by atoms with Crippen molar-refractivity contribution in [2.24, 2.45) is 0 Å². The molecule has 1 aliphatic rings. The van der Waals surface area contributed by atoms with Gasteiger partial charge in [-0.1, -0.05) is 116 Å². The molecule has 0 spiro atoms. The van der Waals surface area contributed by atoms with E-state index in [4.69, 9.17) is 0 Å². The molecule has 5 aromatic rings. The SMILES string of the molecule is CC(C)(C)c1ccc2c(c1)[cH-]c1cc(C(C)(C)C)ccc12.C[Si](C)(C)C1=[C-]C([Si](C)(C)C)C=C1.[Zr+2]=[C](c1ccccc1)c1ccccc1. The van der Waals surface area contributed by atoms with Gasteiger partial charge >= 0.3 is 99.2 Å². The monoisotopic (exact) mass is 742 g/mol. The van der Waals surface area contributed by atoms with Gasteiger partial charge in [0.05, 0.1) is 0 Å². The van der Waals surface area contributed by atoms with Crippen LogP contribution in [0.1, 0.15) is 63.8 Å². The Morgan fingerprint density at radius 2 is 1.04 bits per heavy atom. The number of hydrogen-bond acceptors (Lipinski definition) is 0. The van der Waals surface area contributed by atoms with Gasteiger partial charge in [0.25, 0.3) is 0 Å². The molecule has 1 atom stereocenters. The second-order valence-electron chi connectivity index (χ2n) is 17.4. The van der Waals surface area contributed by atoms with Gasteiger partial charge in [0.2, 0.25) is 0 Å². The van der Waals surface area contributed by atoms with Gasteiger partial charge in [-0.15, -0.1) is 45.3 Å². The van der Waals surface area contributed by atoms with E-state index in [2.05, 4.69) is 202 Å². The fourth-order valence-electron chi connectivity index (χ4n) is 5.76. The molecule has 6 rings (SSSR count). The van der Waals surface area contributed by atoms with Crippen LogP contribution in [-0.4, -0.2) is 19.4 Å². The van der Waals surface area contributed by atoms with Crippen LogP contribution in [0.3, 0.4) is 0 Å². The van der Waals surface area contributed by atoms with Crippen LogP contribution in [0.5, 0.6) is 0 Å². The van der Waals surface area contributed by atoms with Crippen LogP contribution < -0.4 is 0 Å². The average Bonchev–Trinajstić information content (AvgIpc) is 3.67. The number of fused-ring (bicyclic) bond motifs is 3. The van der Waals surface area contributed by atoms with Gasteiger partial charge in [0, 0.05) is 16.1 Å². The van der Waals surface area contributed by atoms with Crippen molar-refractivity contribution < 1.29 is 24.2 Å². The molecule has 3 heteroatoms. The van der Waals surface area contributed by atoms with Gasteiger partial charge < -0.3 is 0 Å². The predicted molar refractivity (Wildman–Crippen MR) is 217 cm³/mol. The molecule has 0 heterocycles. The summed E-state index contributed by atoms with van der Waals surface area (Å²) in [6.45, 7) is 28.1. The molecule has 0 bridgehead atoms. The van der Waals surface area contributed by atoms with Crippen molar-refractivity contribution in [2.45, 2.75) is 97.2 Å². The molecular weight excluding hydrogens is 688 g/mol. The van der Waals surface area contributed by atoms with Gasteiger partial charge in [-0.25, -0.2) is 11.3 Å². The molecule has 0 aromatic heterocycles. The summed E-state index contributed by atoms with van der Waals surface area (Å²) >= 11 is 1.46. The van der Waals surface area contributed by atoms with Crippen LogP contribution >= 0.6 is 0 Å². The molecule has 1 unspecified atom stereocenters. The summed E-state index contributed by atoms with van der Waals surface area (Å²) in [6, 6.07) is 37.3. The molecular formula is C45H56Si2Zr. The van der Waals surface area contributed by atoms with Crippen molar-refractivity contribution in [3.63, 3.8) is 0 Å². The minimum atomic E-state index is -1.10. The topological polar surface area (TPSA) is 0 Å². The first-order valence-corrected chi connectivity index (χ1v) is 25.7. The van der Waals surface area contributed by atoms with Crippen molar-refractivity contribution >= 4 is 40.9 Å². The summed E-state index contributed by atoms with van der Waals surface area (Å²) in [5.74, 6) is 0. The summed E-state index contributed by atoms with van der Waals surface area (Å²) in [5.41, 5.74) is 6.54. The number of rotatable bonds is 4. The first-order chi connectivity index (χ1) is 22.2. The van der Waals surface area contributed by atoms with E-state index >= 15 is 0 Å². The van der Waals surface area contributed by atoms with Crippen molar-refractivity contribution in [3.05, 3.63) is 149 Å². The fraction of sp³-hybridized carbons (Fsp3) is 0.333. The molecule has 48 heavy (non-hydrogen) atoms. The van der Waals surface area contributed by atoms with Crippen molar-refractivity contribution in [3.8, 4) is 0 Å². The molecule has 0 nitrogen and oxygen atoms in total. The van der Waals surface area contributed by atoms with E-state index in [-0.39, 0.29) is 10.8 Å². The molecule has 0 radical (unpaired) electrons. The van der Waals surface area contributed by atoms with E-state index in [0.29, 0.717) is 5.54 Å². The Morgan fingerprint density at radius 1 is 0.625 bits per heavy atom. The first-order valence-electron chi connectivity index (χ1n) is 17.4. The Labute approximate surface area is 309 Å². The Kier molecular flexibility index (Phi) is 12.0. The summed E-state index contributed by atoms with van der Waals surface area (Å²) in [5, 5.41) is 7.00. The van der Waals surface area contributed by atoms with Gasteiger partial charge in [0.1, 0.15) is 0 Å². The van der Waals surface area contributed by atoms with Crippen LogP contribution in [-0.2, 0) is 35.1 Å². The molecule has 0 amide bonds. The fourth-order valence-corrected chi connectivity index (χ4v) is 9.17. The van der Waals surface area contributed by atoms with Crippen LogP contribution in [0.15, 0.2) is 120 Å². The number of allylic oxidation sites excluding steroid dienone is 4. The van der Waals surface area contributed by atoms with Gasteiger partial charge in [-0.2, -0.15) is 6.08 Å². The van der Waals surface area contributed by atoms with Crippen molar-refractivity contribution in [1.82, 2.24) is 0 Å². The van der Waals surface area contributed by atoms with Crippen molar-refractivity contribution in [1.29, 1.82) is 0 Å². The van der Waals surface area contributed by atoms with Gasteiger partial charge in [-0.05, 0) is 10.8 Å². The molecule has 0 aliphatic heterocycles. The summed E-state index contributed by atoms with van der Waals surface area (Å²) in [7, 11) is -2.15. The summed E-state index contributed by atoms with van der Waals surface area (Å²) in [6.07, 6.45) is 8.40. The van der Waals surface area contributed by atoms with Gasteiger partial charge in [-0.3, -0.25) is 6.08 Å². The zero-order chi connectivity index (χ0) is 35.5. The average molecular weight is 744 g/mol. The minimum absolute atomic E-state index is 0.203. The van der Waals surface area contributed by atoms with Gasteiger partial charge in [0.15, 0.2) is 0 Å². The first kappa shape index (κ1) is 38.2. The van der Waals surface area contributed by atoms with E-state index < -0.39 is 16.1 Å². The van der Waals surface area contributed by atoms with E-state index in [0.717, 1.165) is 0 Å². The Morgan fingerprint density at radius 3 is 1.35 bits per heavy atom. The number of hydrogen-bond donors (Lipinski definition) is 0. The van der Waals surface area contributed by atoms with Crippen LogP contribution in [0.2, 0.25) is 44.8 Å².